The molecule has 19 heavy (non-hydrogen) atoms. The van der Waals surface area contributed by atoms with Gasteiger partial charge in [0, 0.05) is 13.7 Å². The second-order valence-electron chi connectivity index (χ2n) is 4.82. The van der Waals surface area contributed by atoms with E-state index in [-0.39, 0.29) is 0 Å². The Morgan fingerprint density at radius 3 is 2.79 bits per heavy atom. The molecule has 0 spiro atoms. The Morgan fingerprint density at radius 1 is 1.42 bits per heavy atom. The fourth-order valence-electron chi connectivity index (χ4n) is 2.08. The molecule has 0 amide bonds. The third-order valence-corrected chi connectivity index (χ3v) is 5.69. The largest absolute Gasteiger partial charge is 0.414 e. The average molecular weight is 278 g/mol. The zero-order valence-electron chi connectivity index (χ0n) is 11.5. The molecule has 104 valence electrons. The van der Waals surface area contributed by atoms with Crippen molar-refractivity contribution in [1.29, 1.82) is 0 Å². The quantitative estimate of drug-likeness (QED) is 0.390. The van der Waals surface area contributed by atoms with Gasteiger partial charge in [-0.1, -0.05) is 35.5 Å². The van der Waals surface area contributed by atoms with Crippen LogP contribution in [-0.4, -0.2) is 42.1 Å². The molecular formula is C15H22O3Si. The summed E-state index contributed by atoms with van der Waals surface area (Å²) >= 11 is 0. The summed E-state index contributed by atoms with van der Waals surface area (Å²) in [7, 11) is 0.289. The maximum atomic E-state index is 5.68. The Morgan fingerprint density at radius 2 is 2.16 bits per heavy atom. The van der Waals surface area contributed by atoms with Gasteiger partial charge in [-0.3, -0.25) is 0 Å². The van der Waals surface area contributed by atoms with Crippen LogP contribution in [0.5, 0.6) is 0 Å². The van der Waals surface area contributed by atoms with E-state index in [1.54, 1.807) is 7.11 Å². The van der Waals surface area contributed by atoms with Crippen molar-refractivity contribution in [3.8, 4) is 0 Å². The van der Waals surface area contributed by atoms with Gasteiger partial charge in [-0.05, 0) is 18.0 Å². The second-order valence-corrected chi connectivity index (χ2v) is 7.53. The summed E-state index contributed by atoms with van der Waals surface area (Å²) < 4.78 is 16.3. The van der Waals surface area contributed by atoms with Gasteiger partial charge in [0.1, 0.15) is 6.10 Å². The molecule has 0 N–H and O–H groups in total. The summed E-state index contributed by atoms with van der Waals surface area (Å²) in [5.74, 6) is 0. The summed E-state index contributed by atoms with van der Waals surface area (Å²) in [5.41, 5.74) is 0. The molecular weight excluding hydrogens is 256 g/mol. The predicted octanol–water partition coefficient (Wildman–Crippen LogP) is 1.55. The standard InChI is InChI=1S/C15H22O3Si/c1-13(7-6-10-17-11-14-12-18-14)19(16-2)15-8-4-3-5-9-15/h3-5,8-9,14,19H,1,6-7,10-12H2,2H3. The van der Waals surface area contributed by atoms with Crippen molar-refractivity contribution in [2.45, 2.75) is 18.9 Å². The number of benzene rings is 1. The molecule has 3 nitrogen and oxygen atoms in total. The van der Waals surface area contributed by atoms with Gasteiger partial charge < -0.3 is 13.9 Å². The summed E-state index contributed by atoms with van der Waals surface area (Å²) in [4.78, 5) is 0. The average Bonchev–Trinajstić information content (AvgIpc) is 3.24. The molecule has 1 saturated heterocycles. The van der Waals surface area contributed by atoms with E-state index < -0.39 is 9.04 Å². The van der Waals surface area contributed by atoms with Crippen molar-refractivity contribution in [1.82, 2.24) is 0 Å². The normalized spacial score (nSPS) is 19.1. The van der Waals surface area contributed by atoms with Crippen LogP contribution < -0.4 is 5.19 Å². The molecule has 1 fully saturated rings. The highest BCUT2D eigenvalue weighted by atomic mass is 28.3. The minimum Gasteiger partial charge on any atom is -0.414 e. The van der Waals surface area contributed by atoms with E-state index in [1.165, 1.54) is 10.4 Å². The Kier molecular flexibility index (Phi) is 5.79. The van der Waals surface area contributed by atoms with Crippen molar-refractivity contribution < 1.29 is 13.9 Å². The van der Waals surface area contributed by atoms with Crippen LogP contribution in [0.4, 0.5) is 0 Å². The van der Waals surface area contributed by atoms with Crippen LogP contribution in [0, 0.1) is 0 Å². The van der Waals surface area contributed by atoms with Gasteiger partial charge in [0.15, 0.2) is 0 Å². The molecule has 1 aromatic carbocycles. The first-order valence-electron chi connectivity index (χ1n) is 6.76. The summed E-state index contributed by atoms with van der Waals surface area (Å²) in [6, 6.07) is 10.4. The minimum absolute atomic E-state index is 0.355. The van der Waals surface area contributed by atoms with E-state index >= 15 is 0 Å². The lowest BCUT2D eigenvalue weighted by atomic mass is 10.3. The fraction of sp³-hybridized carbons (Fsp3) is 0.467. The van der Waals surface area contributed by atoms with Gasteiger partial charge >= 0.3 is 0 Å². The highest BCUT2D eigenvalue weighted by molar-refractivity contribution is 6.74. The molecule has 0 bridgehead atoms. The molecule has 1 aliphatic heterocycles. The highest BCUT2D eigenvalue weighted by Gasteiger charge is 2.22. The van der Waals surface area contributed by atoms with E-state index in [0.29, 0.717) is 6.10 Å². The molecule has 1 aromatic rings. The minimum atomic E-state index is -1.50. The van der Waals surface area contributed by atoms with Crippen LogP contribution in [0.15, 0.2) is 42.1 Å². The Hall–Kier alpha value is -0.943. The molecule has 2 rings (SSSR count). The van der Waals surface area contributed by atoms with E-state index in [2.05, 4.69) is 30.8 Å². The van der Waals surface area contributed by atoms with Crippen LogP contribution in [0.1, 0.15) is 12.8 Å². The number of ether oxygens (including phenoxy) is 2. The van der Waals surface area contributed by atoms with Crippen LogP contribution in [0.2, 0.25) is 0 Å². The van der Waals surface area contributed by atoms with Crippen LogP contribution >= 0.6 is 0 Å². The smallest absolute Gasteiger partial charge is 0.234 e. The van der Waals surface area contributed by atoms with Gasteiger partial charge in [0.2, 0.25) is 9.04 Å². The van der Waals surface area contributed by atoms with Crippen molar-refractivity contribution in [2.75, 3.05) is 26.9 Å². The number of hydrogen-bond donors (Lipinski definition) is 0. The third-order valence-electron chi connectivity index (χ3n) is 3.20. The van der Waals surface area contributed by atoms with Crippen molar-refractivity contribution >= 4 is 14.2 Å². The molecule has 1 heterocycles. The molecule has 0 radical (unpaired) electrons. The lowest BCUT2D eigenvalue weighted by Crippen LogP contribution is -2.34. The highest BCUT2D eigenvalue weighted by Crippen LogP contribution is 2.11. The summed E-state index contributed by atoms with van der Waals surface area (Å²) in [6.07, 6.45) is 2.34. The molecule has 2 unspecified atom stereocenters. The molecule has 0 aromatic heterocycles. The summed E-state index contributed by atoms with van der Waals surface area (Å²) in [6.45, 7) is 6.57. The lowest BCUT2D eigenvalue weighted by molar-refractivity contribution is 0.115. The number of rotatable bonds is 9. The fourth-order valence-corrected chi connectivity index (χ4v) is 4.19. The van der Waals surface area contributed by atoms with E-state index in [0.717, 1.165) is 32.7 Å². The van der Waals surface area contributed by atoms with Gasteiger partial charge in [-0.2, -0.15) is 0 Å². The van der Waals surface area contributed by atoms with Crippen molar-refractivity contribution in [3.63, 3.8) is 0 Å². The number of allylic oxidation sites excluding steroid dienone is 1. The molecule has 1 aliphatic rings. The van der Waals surface area contributed by atoms with Crippen LogP contribution in [0.25, 0.3) is 0 Å². The molecule has 4 heteroatoms. The second kappa shape index (κ2) is 7.60. The van der Waals surface area contributed by atoms with E-state index in [9.17, 15) is 0 Å². The maximum absolute atomic E-state index is 5.68. The zero-order chi connectivity index (χ0) is 13.5. The summed E-state index contributed by atoms with van der Waals surface area (Å²) in [5, 5.41) is 2.53. The van der Waals surface area contributed by atoms with Crippen LogP contribution in [-0.2, 0) is 13.9 Å². The number of hydrogen-bond acceptors (Lipinski definition) is 3. The molecule has 0 saturated carbocycles. The lowest BCUT2D eigenvalue weighted by Gasteiger charge is -2.16. The Balaban J connectivity index is 1.70. The van der Waals surface area contributed by atoms with Crippen molar-refractivity contribution in [2.24, 2.45) is 0 Å². The first-order chi connectivity index (χ1) is 9.31. The SMILES string of the molecule is C=C(CCCOCC1CO1)[SiH](OC)c1ccccc1. The van der Waals surface area contributed by atoms with Gasteiger partial charge in [0.25, 0.3) is 0 Å². The zero-order valence-corrected chi connectivity index (χ0v) is 12.7. The first-order valence-corrected chi connectivity index (χ1v) is 8.38. The Labute approximate surface area is 116 Å². The van der Waals surface area contributed by atoms with E-state index in [4.69, 9.17) is 13.9 Å². The van der Waals surface area contributed by atoms with Crippen molar-refractivity contribution in [3.05, 3.63) is 42.1 Å². The number of epoxide rings is 1. The first kappa shape index (κ1) is 14.5. The molecule has 2 atom stereocenters. The Bertz CT molecular complexity index is 390. The predicted molar refractivity (Wildman–Crippen MR) is 79.2 cm³/mol. The van der Waals surface area contributed by atoms with Crippen LogP contribution in [0.3, 0.4) is 0 Å². The molecule has 0 aliphatic carbocycles. The maximum Gasteiger partial charge on any atom is 0.234 e. The van der Waals surface area contributed by atoms with Gasteiger partial charge in [-0.25, -0.2) is 0 Å². The van der Waals surface area contributed by atoms with Gasteiger partial charge in [0.05, 0.1) is 13.2 Å². The third kappa shape index (κ3) is 4.91. The van der Waals surface area contributed by atoms with Gasteiger partial charge in [-0.15, -0.1) is 6.58 Å². The topological polar surface area (TPSA) is 31.0 Å². The monoisotopic (exact) mass is 278 g/mol. The van der Waals surface area contributed by atoms with E-state index in [1.807, 2.05) is 6.07 Å².